The van der Waals surface area contributed by atoms with E-state index in [-0.39, 0.29) is 0 Å². The molecule has 0 atom stereocenters. The van der Waals surface area contributed by atoms with Crippen molar-refractivity contribution >= 4 is 74.9 Å². The summed E-state index contributed by atoms with van der Waals surface area (Å²) in [6.07, 6.45) is 1.59. The highest BCUT2D eigenvalue weighted by Crippen LogP contribution is 2.38. The second-order valence-corrected chi connectivity index (χ2v) is 6.62. The standard InChI is InChI=1S/C9H5Br3N4S/c10-4-1-5(11)8(6(12)2-4)16-15-7-3-14-9(13)17-7/h1-3H,(H2,13,14). The zero-order chi connectivity index (χ0) is 12.4. The Hall–Kier alpha value is -0.310. The van der Waals surface area contributed by atoms with E-state index in [2.05, 4.69) is 63.0 Å². The fourth-order valence-corrected chi connectivity index (χ4v) is 3.98. The van der Waals surface area contributed by atoms with Gasteiger partial charge in [0.05, 0.1) is 6.20 Å². The summed E-state index contributed by atoms with van der Waals surface area (Å²) in [5.74, 6) is 0. The summed E-state index contributed by atoms with van der Waals surface area (Å²) in [6, 6.07) is 3.81. The Labute approximate surface area is 127 Å². The Morgan fingerprint density at radius 2 is 1.76 bits per heavy atom. The number of nitrogens with two attached hydrogens (primary N) is 1. The molecule has 88 valence electrons. The molecule has 0 aliphatic heterocycles. The monoisotopic (exact) mass is 438 g/mol. The third-order valence-electron chi connectivity index (χ3n) is 1.74. The average Bonchev–Trinajstić information content (AvgIpc) is 2.62. The fraction of sp³-hybridized carbons (Fsp3) is 0. The van der Waals surface area contributed by atoms with Crippen LogP contribution in [-0.4, -0.2) is 4.98 Å². The van der Waals surface area contributed by atoms with Crippen LogP contribution >= 0.6 is 59.1 Å². The topological polar surface area (TPSA) is 63.6 Å². The Morgan fingerprint density at radius 3 is 2.29 bits per heavy atom. The Bertz CT molecular complexity index is 558. The second kappa shape index (κ2) is 5.55. The molecule has 2 rings (SSSR count). The van der Waals surface area contributed by atoms with Gasteiger partial charge in [-0.25, -0.2) is 4.98 Å². The number of aromatic nitrogens is 1. The average molecular weight is 441 g/mol. The summed E-state index contributed by atoms with van der Waals surface area (Å²) in [7, 11) is 0. The molecule has 2 aromatic rings. The molecule has 0 unspecified atom stereocenters. The van der Waals surface area contributed by atoms with Crippen LogP contribution in [0.4, 0.5) is 15.8 Å². The first-order valence-electron chi connectivity index (χ1n) is 4.34. The van der Waals surface area contributed by atoms with Gasteiger partial charge >= 0.3 is 0 Å². The van der Waals surface area contributed by atoms with E-state index in [1.807, 2.05) is 12.1 Å². The normalized spacial score (nSPS) is 11.2. The van der Waals surface area contributed by atoms with Crippen molar-refractivity contribution in [2.24, 2.45) is 10.2 Å². The summed E-state index contributed by atoms with van der Waals surface area (Å²) in [5, 5.41) is 9.38. The van der Waals surface area contributed by atoms with Crippen molar-refractivity contribution in [2.45, 2.75) is 0 Å². The first-order valence-corrected chi connectivity index (χ1v) is 7.53. The van der Waals surface area contributed by atoms with Crippen LogP contribution in [0.2, 0.25) is 0 Å². The Morgan fingerprint density at radius 1 is 1.12 bits per heavy atom. The molecule has 0 saturated heterocycles. The number of azo groups is 1. The van der Waals surface area contributed by atoms with Crippen LogP contribution in [0.5, 0.6) is 0 Å². The Kier molecular flexibility index (Phi) is 4.29. The van der Waals surface area contributed by atoms with Crippen molar-refractivity contribution in [2.75, 3.05) is 5.73 Å². The van der Waals surface area contributed by atoms with E-state index in [1.54, 1.807) is 6.20 Å². The van der Waals surface area contributed by atoms with Crippen molar-refractivity contribution < 1.29 is 0 Å². The molecule has 0 amide bonds. The highest BCUT2D eigenvalue weighted by Gasteiger charge is 2.06. The van der Waals surface area contributed by atoms with Crippen molar-refractivity contribution in [3.05, 3.63) is 31.7 Å². The zero-order valence-corrected chi connectivity index (χ0v) is 13.8. The number of rotatable bonds is 2. The summed E-state index contributed by atoms with van der Waals surface area (Å²) in [5.41, 5.74) is 6.23. The van der Waals surface area contributed by atoms with Gasteiger partial charge in [0.1, 0.15) is 5.69 Å². The van der Waals surface area contributed by atoms with E-state index in [0.29, 0.717) is 10.1 Å². The predicted molar refractivity (Wildman–Crippen MR) is 80.2 cm³/mol. The summed E-state index contributed by atoms with van der Waals surface area (Å²) >= 11 is 11.5. The molecule has 0 spiro atoms. The molecular weight excluding hydrogens is 436 g/mol. The maximum atomic E-state index is 5.51. The molecule has 0 saturated carbocycles. The van der Waals surface area contributed by atoms with Gasteiger partial charge in [0, 0.05) is 13.4 Å². The molecule has 1 aromatic heterocycles. The molecule has 1 heterocycles. The fourth-order valence-electron chi connectivity index (χ4n) is 1.05. The van der Waals surface area contributed by atoms with E-state index in [1.165, 1.54) is 11.3 Å². The van der Waals surface area contributed by atoms with E-state index in [4.69, 9.17) is 5.73 Å². The number of nitrogen functional groups attached to an aromatic ring is 1. The van der Waals surface area contributed by atoms with Crippen LogP contribution in [0.15, 0.2) is 42.0 Å². The van der Waals surface area contributed by atoms with Crippen LogP contribution in [0, 0.1) is 0 Å². The van der Waals surface area contributed by atoms with Gasteiger partial charge in [-0.15, -0.1) is 10.2 Å². The van der Waals surface area contributed by atoms with Gasteiger partial charge in [0.2, 0.25) is 0 Å². The number of anilines is 1. The molecule has 1 aromatic carbocycles. The van der Waals surface area contributed by atoms with Crippen molar-refractivity contribution in [1.82, 2.24) is 4.98 Å². The van der Waals surface area contributed by atoms with Crippen LogP contribution in [-0.2, 0) is 0 Å². The smallest absolute Gasteiger partial charge is 0.182 e. The molecule has 0 radical (unpaired) electrons. The summed E-state index contributed by atoms with van der Waals surface area (Å²) in [6.45, 7) is 0. The molecule has 0 aliphatic rings. The largest absolute Gasteiger partial charge is 0.375 e. The van der Waals surface area contributed by atoms with Gasteiger partial charge in [-0.3, -0.25) is 0 Å². The van der Waals surface area contributed by atoms with Crippen molar-refractivity contribution in [1.29, 1.82) is 0 Å². The minimum absolute atomic E-state index is 0.480. The molecule has 0 fully saturated rings. The van der Waals surface area contributed by atoms with Gasteiger partial charge in [-0.05, 0) is 44.0 Å². The first-order chi connectivity index (χ1) is 8.06. The number of benzene rings is 1. The number of halogens is 3. The van der Waals surface area contributed by atoms with Crippen molar-refractivity contribution in [3.8, 4) is 0 Å². The number of hydrogen-bond donors (Lipinski definition) is 1. The lowest BCUT2D eigenvalue weighted by Gasteiger charge is -2.01. The number of nitrogens with zero attached hydrogens (tertiary/aromatic N) is 3. The van der Waals surface area contributed by atoms with Gasteiger partial charge in [-0.2, -0.15) is 0 Å². The maximum Gasteiger partial charge on any atom is 0.182 e. The van der Waals surface area contributed by atoms with Crippen molar-refractivity contribution in [3.63, 3.8) is 0 Å². The molecule has 0 aliphatic carbocycles. The highest BCUT2D eigenvalue weighted by molar-refractivity contribution is 9.11. The van der Waals surface area contributed by atoms with E-state index < -0.39 is 0 Å². The lowest BCUT2D eigenvalue weighted by atomic mass is 10.3. The van der Waals surface area contributed by atoms with Crippen LogP contribution in [0.3, 0.4) is 0 Å². The van der Waals surface area contributed by atoms with E-state index in [0.717, 1.165) is 19.1 Å². The van der Waals surface area contributed by atoms with E-state index in [9.17, 15) is 0 Å². The van der Waals surface area contributed by atoms with Crippen LogP contribution < -0.4 is 5.73 Å². The molecule has 17 heavy (non-hydrogen) atoms. The van der Waals surface area contributed by atoms with Crippen LogP contribution in [0.25, 0.3) is 0 Å². The van der Waals surface area contributed by atoms with E-state index >= 15 is 0 Å². The van der Waals surface area contributed by atoms with Crippen LogP contribution in [0.1, 0.15) is 0 Å². The minimum Gasteiger partial charge on any atom is -0.375 e. The number of hydrogen-bond acceptors (Lipinski definition) is 5. The third-order valence-corrected chi connectivity index (χ3v) is 4.12. The molecule has 4 nitrogen and oxygen atoms in total. The maximum absolute atomic E-state index is 5.51. The zero-order valence-electron chi connectivity index (χ0n) is 8.19. The lowest BCUT2D eigenvalue weighted by Crippen LogP contribution is -1.77. The summed E-state index contributed by atoms with van der Waals surface area (Å²) in [4.78, 5) is 3.90. The minimum atomic E-state index is 0.480. The summed E-state index contributed by atoms with van der Waals surface area (Å²) < 4.78 is 2.65. The van der Waals surface area contributed by atoms with Gasteiger partial charge in [0.15, 0.2) is 10.1 Å². The predicted octanol–water partition coefficient (Wildman–Crippen LogP) is 5.43. The SMILES string of the molecule is Nc1ncc(N=Nc2c(Br)cc(Br)cc2Br)s1. The highest BCUT2D eigenvalue weighted by atomic mass is 79.9. The quantitative estimate of drug-likeness (QED) is 0.633. The lowest BCUT2D eigenvalue weighted by molar-refractivity contribution is 1.22. The van der Waals surface area contributed by atoms with Gasteiger partial charge < -0.3 is 5.73 Å². The van der Waals surface area contributed by atoms with Gasteiger partial charge in [-0.1, -0.05) is 27.3 Å². The third kappa shape index (κ3) is 3.34. The molecule has 2 N–H and O–H groups in total. The molecular formula is C9H5Br3N4S. The Balaban J connectivity index is 2.33. The number of thiazole rings is 1. The second-order valence-electron chi connectivity index (χ2n) is 2.95. The van der Waals surface area contributed by atoms with Gasteiger partial charge in [0.25, 0.3) is 0 Å². The first kappa shape index (κ1) is 13.1. The molecule has 0 bridgehead atoms. The molecule has 8 heteroatoms.